The second-order valence-corrected chi connectivity index (χ2v) is 6.71. The maximum atomic E-state index is 12.3. The first-order valence-electron chi connectivity index (χ1n) is 8.25. The van der Waals surface area contributed by atoms with Crippen LogP contribution in [0.3, 0.4) is 0 Å². The highest BCUT2D eigenvalue weighted by Crippen LogP contribution is 2.26. The maximum Gasteiger partial charge on any atom is 0.326 e. The van der Waals surface area contributed by atoms with Crippen LogP contribution in [0.1, 0.15) is 47.0 Å². The molecule has 2 rings (SSSR count). The second kappa shape index (κ2) is 7.07. The van der Waals surface area contributed by atoms with E-state index >= 15 is 0 Å². The van der Waals surface area contributed by atoms with E-state index in [9.17, 15) is 4.79 Å². The summed E-state index contributed by atoms with van der Waals surface area (Å²) in [5, 5.41) is 3.49. The molecule has 122 valence electrons. The minimum absolute atomic E-state index is 0.120. The molecule has 1 heterocycles. The summed E-state index contributed by atoms with van der Waals surface area (Å²) in [6.45, 7) is 11.2. The van der Waals surface area contributed by atoms with Crippen LogP contribution in [0.15, 0.2) is 0 Å². The van der Waals surface area contributed by atoms with Gasteiger partial charge in [-0.15, -0.1) is 0 Å². The molecule has 0 aromatic carbocycles. The average Bonchev–Trinajstić information content (AvgIpc) is 3.24. The Balaban J connectivity index is 1.92. The molecular formula is C16H30N2O3. The van der Waals surface area contributed by atoms with Crippen molar-refractivity contribution in [2.75, 3.05) is 26.3 Å². The summed E-state index contributed by atoms with van der Waals surface area (Å²) in [6, 6.07) is 0.897. The molecule has 3 unspecified atom stereocenters. The molecule has 2 fully saturated rings. The van der Waals surface area contributed by atoms with Crippen LogP contribution in [0.4, 0.5) is 0 Å². The Hall–Kier alpha value is -0.650. The summed E-state index contributed by atoms with van der Waals surface area (Å²) in [4.78, 5) is 14.7. The Bertz CT molecular complexity index is 359. The van der Waals surface area contributed by atoms with Crippen LogP contribution in [0.2, 0.25) is 0 Å². The van der Waals surface area contributed by atoms with Crippen molar-refractivity contribution in [3.05, 3.63) is 0 Å². The number of hydrogen-bond acceptors (Lipinski definition) is 5. The third-order valence-electron chi connectivity index (χ3n) is 4.46. The van der Waals surface area contributed by atoms with Crippen LogP contribution >= 0.6 is 0 Å². The number of esters is 1. The summed E-state index contributed by atoms with van der Waals surface area (Å²) in [6.07, 6.45) is 3.38. The van der Waals surface area contributed by atoms with Gasteiger partial charge in [-0.05, 0) is 47.0 Å². The molecule has 0 spiro atoms. The van der Waals surface area contributed by atoms with Gasteiger partial charge in [0.25, 0.3) is 0 Å². The lowest BCUT2D eigenvalue weighted by atomic mass is 9.96. The van der Waals surface area contributed by atoms with E-state index in [0.29, 0.717) is 18.7 Å². The van der Waals surface area contributed by atoms with Gasteiger partial charge >= 0.3 is 5.97 Å². The lowest BCUT2D eigenvalue weighted by Gasteiger charge is -2.39. The fraction of sp³-hybridized carbons (Fsp3) is 0.938. The van der Waals surface area contributed by atoms with Gasteiger partial charge in [0.2, 0.25) is 0 Å². The van der Waals surface area contributed by atoms with Crippen molar-refractivity contribution in [1.29, 1.82) is 0 Å². The number of carbonyl (C=O) groups excluding carboxylic acids is 1. The highest BCUT2D eigenvalue weighted by atomic mass is 16.5. The first kappa shape index (κ1) is 16.7. The van der Waals surface area contributed by atoms with E-state index in [1.165, 1.54) is 12.8 Å². The third-order valence-corrected chi connectivity index (χ3v) is 4.46. The molecule has 5 nitrogen and oxygen atoms in total. The number of rotatable bonds is 7. The highest BCUT2D eigenvalue weighted by molar-refractivity contribution is 5.80. The van der Waals surface area contributed by atoms with Crippen molar-refractivity contribution in [2.45, 2.75) is 70.7 Å². The minimum Gasteiger partial charge on any atom is -0.465 e. The van der Waals surface area contributed by atoms with E-state index < -0.39 is 5.54 Å². The Morgan fingerprint density at radius 2 is 2.14 bits per heavy atom. The smallest absolute Gasteiger partial charge is 0.326 e. The molecule has 21 heavy (non-hydrogen) atoms. The summed E-state index contributed by atoms with van der Waals surface area (Å²) in [7, 11) is 0. The number of nitrogens with zero attached hydrogens (tertiary/aromatic N) is 1. The van der Waals surface area contributed by atoms with Crippen LogP contribution < -0.4 is 5.32 Å². The lowest BCUT2D eigenvalue weighted by Crippen LogP contribution is -2.55. The number of hydrogen-bond donors (Lipinski definition) is 1. The molecule has 1 saturated heterocycles. The molecule has 5 heteroatoms. The normalized spacial score (nSPS) is 29.9. The van der Waals surface area contributed by atoms with Crippen LogP contribution in [0.25, 0.3) is 0 Å². The molecule has 0 aromatic heterocycles. The molecular weight excluding hydrogens is 268 g/mol. The molecule has 2 aliphatic rings. The Labute approximate surface area is 128 Å². The molecule has 1 aliphatic carbocycles. The minimum atomic E-state index is -0.571. The van der Waals surface area contributed by atoms with Crippen molar-refractivity contribution in [1.82, 2.24) is 10.2 Å². The van der Waals surface area contributed by atoms with E-state index in [1.807, 2.05) is 13.8 Å². The first-order valence-corrected chi connectivity index (χ1v) is 8.25. The van der Waals surface area contributed by atoms with E-state index in [4.69, 9.17) is 9.47 Å². The Kier molecular flexibility index (Phi) is 5.63. The number of nitrogens with one attached hydrogen (secondary N) is 1. The van der Waals surface area contributed by atoms with Gasteiger partial charge in [0.1, 0.15) is 5.54 Å². The predicted molar refractivity (Wildman–Crippen MR) is 82.3 cm³/mol. The maximum absolute atomic E-state index is 12.3. The molecule has 0 bridgehead atoms. The van der Waals surface area contributed by atoms with Gasteiger partial charge in [-0.2, -0.15) is 0 Å². The monoisotopic (exact) mass is 298 g/mol. The largest absolute Gasteiger partial charge is 0.465 e. The fourth-order valence-electron chi connectivity index (χ4n) is 2.85. The van der Waals surface area contributed by atoms with Crippen LogP contribution in [-0.2, 0) is 14.3 Å². The van der Waals surface area contributed by atoms with E-state index in [2.05, 4.69) is 24.1 Å². The van der Waals surface area contributed by atoms with Gasteiger partial charge < -0.3 is 9.47 Å². The quantitative estimate of drug-likeness (QED) is 0.723. The molecule has 1 aliphatic heterocycles. The molecule has 3 atom stereocenters. The van der Waals surface area contributed by atoms with E-state index in [-0.39, 0.29) is 12.1 Å². The van der Waals surface area contributed by atoms with Crippen LogP contribution in [0.5, 0.6) is 0 Å². The number of ether oxygens (including phenoxy) is 2. The molecule has 0 amide bonds. The predicted octanol–water partition coefficient (Wildman–Crippen LogP) is 1.56. The highest BCUT2D eigenvalue weighted by Gasteiger charge is 2.40. The standard InChI is InChI=1S/C16H30N2O3/c1-5-20-15(19)16(4,17-14-6-7-14)8-9-18-10-13(3)21-11-12(18)2/h12-14,17H,5-11H2,1-4H3. The van der Waals surface area contributed by atoms with Crippen molar-refractivity contribution < 1.29 is 14.3 Å². The molecule has 0 aromatic rings. The van der Waals surface area contributed by atoms with Crippen molar-refractivity contribution >= 4 is 5.97 Å². The van der Waals surface area contributed by atoms with Gasteiger partial charge in [-0.1, -0.05) is 0 Å². The summed E-state index contributed by atoms with van der Waals surface area (Å²) in [5.74, 6) is -0.120. The fourth-order valence-corrected chi connectivity index (χ4v) is 2.85. The Morgan fingerprint density at radius 3 is 2.76 bits per heavy atom. The van der Waals surface area contributed by atoms with Gasteiger partial charge in [-0.25, -0.2) is 0 Å². The van der Waals surface area contributed by atoms with Crippen LogP contribution in [-0.4, -0.2) is 60.9 Å². The zero-order valence-electron chi connectivity index (χ0n) is 13.9. The zero-order valence-corrected chi connectivity index (χ0v) is 13.9. The van der Waals surface area contributed by atoms with Crippen molar-refractivity contribution in [2.24, 2.45) is 0 Å². The van der Waals surface area contributed by atoms with Gasteiger partial charge in [0.15, 0.2) is 0 Å². The van der Waals surface area contributed by atoms with Crippen LogP contribution in [0, 0.1) is 0 Å². The van der Waals surface area contributed by atoms with E-state index in [0.717, 1.165) is 26.1 Å². The molecule has 1 N–H and O–H groups in total. The average molecular weight is 298 g/mol. The topological polar surface area (TPSA) is 50.8 Å². The summed E-state index contributed by atoms with van der Waals surface area (Å²) < 4.78 is 10.9. The zero-order chi connectivity index (χ0) is 15.5. The summed E-state index contributed by atoms with van der Waals surface area (Å²) >= 11 is 0. The van der Waals surface area contributed by atoms with Gasteiger partial charge in [0.05, 0.1) is 19.3 Å². The first-order chi connectivity index (χ1) is 9.94. The number of morpholine rings is 1. The van der Waals surface area contributed by atoms with Gasteiger partial charge in [0, 0.05) is 25.2 Å². The van der Waals surface area contributed by atoms with Crippen molar-refractivity contribution in [3.63, 3.8) is 0 Å². The molecule has 0 radical (unpaired) electrons. The second-order valence-electron chi connectivity index (χ2n) is 6.71. The van der Waals surface area contributed by atoms with Crippen molar-refractivity contribution in [3.8, 4) is 0 Å². The molecule has 1 saturated carbocycles. The third kappa shape index (κ3) is 4.66. The van der Waals surface area contributed by atoms with Gasteiger partial charge in [-0.3, -0.25) is 15.0 Å². The summed E-state index contributed by atoms with van der Waals surface area (Å²) in [5.41, 5.74) is -0.571. The number of carbonyl (C=O) groups is 1. The SMILES string of the molecule is CCOC(=O)C(C)(CCN1CC(C)OCC1C)NC1CC1. The van der Waals surface area contributed by atoms with E-state index in [1.54, 1.807) is 0 Å². The Morgan fingerprint density at radius 1 is 1.43 bits per heavy atom. The lowest BCUT2D eigenvalue weighted by molar-refractivity contribution is -0.151.